The van der Waals surface area contributed by atoms with E-state index < -0.39 is 16.9 Å². The molecule has 4 heteroatoms. The first kappa shape index (κ1) is 13.0. The van der Waals surface area contributed by atoms with Crippen molar-refractivity contribution >= 4 is 23.2 Å². The van der Waals surface area contributed by atoms with Crippen molar-refractivity contribution in [2.75, 3.05) is 0 Å². The van der Waals surface area contributed by atoms with Gasteiger partial charge < -0.3 is 5.11 Å². The Morgan fingerprint density at radius 1 is 1.47 bits per heavy atom. The van der Waals surface area contributed by atoms with Crippen LogP contribution < -0.4 is 0 Å². The monoisotopic (exact) mass is 258 g/mol. The molecule has 0 aromatic rings. The van der Waals surface area contributed by atoms with Crippen LogP contribution in [-0.2, 0) is 9.59 Å². The number of Topliss-reactive ketones (excluding diaryl/α,β-unsaturated/α-hetero) is 2. The standard InChI is InChI=1S/C13H19ClO3/c1-8(15)11-9(14)5-7-12(2)10(16)4-3-6-13(11,12)17/h9,11,17H,3-7H2,1-2H3/t9-,11+,12+,13+/m1/s1. The molecule has 0 aromatic heterocycles. The molecule has 0 heterocycles. The first-order valence-electron chi connectivity index (χ1n) is 6.23. The molecule has 0 amide bonds. The quantitative estimate of drug-likeness (QED) is 0.733. The molecular weight excluding hydrogens is 240 g/mol. The van der Waals surface area contributed by atoms with Crippen LogP contribution in [0.1, 0.15) is 46.0 Å². The molecule has 2 fully saturated rings. The molecule has 2 rings (SSSR count). The summed E-state index contributed by atoms with van der Waals surface area (Å²) in [5, 5.41) is 10.5. The van der Waals surface area contributed by atoms with E-state index in [1.807, 2.05) is 0 Å². The number of aliphatic hydroxyl groups is 1. The minimum Gasteiger partial charge on any atom is -0.388 e. The maximum absolute atomic E-state index is 12.1. The van der Waals surface area contributed by atoms with Gasteiger partial charge in [0, 0.05) is 11.8 Å². The fourth-order valence-electron chi connectivity index (χ4n) is 3.65. The number of rotatable bonds is 1. The number of hydrogen-bond acceptors (Lipinski definition) is 3. The third-order valence-corrected chi connectivity index (χ3v) is 5.24. The Balaban J connectivity index is 2.47. The lowest BCUT2D eigenvalue weighted by molar-refractivity contribution is -0.181. The van der Waals surface area contributed by atoms with E-state index in [9.17, 15) is 14.7 Å². The Morgan fingerprint density at radius 2 is 2.12 bits per heavy atom. The number of ketones is 2. The molecule has 0 spiro atoms. The lowest BCUT2D eigenvalue weighted by Gasteiger charge is -2.55. The second-order valence-electron chi connectivity index (χ2n) is 5.68. The zero-order valence-electron chi connectivity index (χ0n) is 10.3. The van der Waals surface area contributed by atoms with E-state index in [1.54, 1.807) is 6.92 Å². The largest absolute Gasteiger partial charge is 0.388 e. The maximum atomic E-state index is 12.1. The summed E-state index contributed by atoms with van der Waals surface area (Å²) in [7, 11) is 0. The highest BCUT2D eigenvalue weighted by atomic mass is 35.5. The SMILES string of the molecule is CC(=O)[C@H]1[C@H](Cl)CC[C@@]2(C)C(=O)CCC[C@]12O. The lowest BCUT2D eigenvalue weighted by atomic mass is 9.52. The molecule has 2 aliphatic carbocycles. The van der Waals surface area contributed by atoms with Gasteiger partial charge in [0.1, 0.15) is 11.6 Å². The van der Waals surface area contributed by atoms with Crippen LogP contribution in [0.4, 0.5) is 0 Å². The molecule has 4 atom stereocenters. The molecule has 0 aliphatic heterocycles. The Bertz CT molecular complexity index is 368. The second-order valence-corrected chi connectivity index (χ2v) is 6.24. The molecule has 96 valence electrons. The van der Waals surface area contributed by atoms with Gasteiger partial charge in [0.25, 0.3) is 0 Å². The highest BCUT2D eigenvalue weighted by Gasteiger charge is 2.62. The van der Waals surface area contributed by atoms with Gasteiger partial charge in [-0.25, -0.2) is 0 Å². The molecule has 2 aliphatic rings. The van der Waals surface area contributed by atoms with Crippen LogP contribution in [0.15, 0.2) is 0 Å². The number of alkyl halides is 1. The summed E-state index contributed by atoms with van der Waals surface area (Å²) in [6.07, 6.45) is 2.87. The first-order chi connectivity index (χ1) is 7.83. The zero-order valence-corrected chi connectivity index (χ0v) is 11.1. The molecule has 17 heavy (non-hydrogen) atoms. The predicted molar refractivity (Wildman–Crippen MR) is 65.0 cm³/mol. The third kappa shape index (κ3) is 1.66. The smallest absolute Gasteiger partial charge is 0.141 e. The summed E-state index contributed by atoms with van der Waals surface area (Å²) < 4.78 is 0. The minimum atomic E-state index is -1.24. The molecule has 0 radical (unpaired) electrons. The van der Waals surface area contributed by atoms with Crippen molar-refractivity contribution < 1.29 is 14.7 Å². The number of halogens is 1. The Morgan fingerprint density at radius 3 is 2.71 bits per heavy atom. The maximum Gasteiger partial charge on any atom is 0.141 e. The summed E-state index contributed by atoms with van der Waals surface area (Å²) in [5.41, 5.74) is -2.02. The molecule has 1 N–H and O–H groups in total. The van der Waals surface area contributed by atoms with Gasteiger partial charge >= 0.3 is 0 Å². The Labute approximate surface area is 107 Å². The summed E-state index contributed by atoms with van der Waals surface area (Å²) >= 11 is 6.20. The van der Waals surface area contributed by atoms with E-state index in [2.05, 4.69) is 0 Å². The van der Waals surface area contributed by atoms with E-state index >= 15 is 0 Å². The average Bonchev–Trinajstić information content (AvgIpc) is 2.22. The van der Waals surface area contributed by atoms with Gasteiger partial charge in [-0.05, 0) is 39.5 Å². The summed E-state index contributed by atoms with van der Waals surface area (Å²) in [4.78, 5) is 23.9. The van der Waals surface area contributed by atoms with Gasteiger partial charge in [0.05, 0.1) is 16.9 Å². The fraction of sp³-hybridized carbons (Fsp3) is 0.846. The van der Waals surface area contributed by atoms with Crippen molar-refractivity contribution in [3.05, 3.63) is 0 Å². The molecule has 0 bridgehead atoms. The van der Waals surface area contributed by atoms with Crippen molar-refractivity contribution in [3.8, 4) is 0 Å². The van der Waals surface area contributed by atoms with E-state index in [1.165, 1.54) is 6.92 Å². The van der Waals surface area contributed by atoms with E-state index in [0.717, 1.165) is 0 Å². The van der Waals surface area contributed by atoms with Crippen molar-refractivity contribution in [2.24, 2.45) is 11.3 Å². The predicted octanol–water partition coefficient (Wildman–Crippen LogP) is 2.08. The van der Waals surface area contributed by atoms with Crippen LogP contribution >= 0.6 is 11.6 Å². The van der Waals surface area contributed by atoms with Crippen molar-refractivity contribution in [1.82, 2.24) is 0 Å². The Kier molecular flexibility index (Phi) is 3.11. The summed E-state index contributed by atoms with van der Waals surface area (Å²) in [5.74, 6) is -0.624. The molecule has 0 unspecified atom stereocenters. The first-order valence-corrected chi connectivity index (χ1v) is 6.67. The normalized spacial score (nSPS) is 46.5. The van der Waals surface area contributed by atoms with Crippen LogP contribution in [0, 0.1) is 11.3 Å². The van der Waals surface area contributed by atoms with Gasteiger partial charge in [-0.3, -0.25) is 9.59 Å². The van der Waals surface area contributed by atoms with Gasteiger partial charge in [0.15, 0.2) is 0 Å². The van der Waals surface area contributed by atoms with Crippen LogP contribution in [0.3, 0.4) is 0 Å². The molecule has 0 aromatic carbocycles. The highest BCUT2D eigenvalue weighted by molar-refractivity contribution is 6.22. The second kappa shape index (κ2) is 4.06. The zero-order chi connectivity index (χ0) is 12.8. The summed E-state index contributed by atoms with van der Waals surface area (Å²) in [6.45, 7) is 3.26. The van der Waals surface area contributed by atoms with Gasteiger partial charge in [-0.2, -0.15) is 0 Å². The average molecular weight is 259 g/mol. The van der Waals surface area contributed by atoms with Gasteiger partial charge in [-0.15, -0.1) is 11.6 Å². The fourth-order valence-corrected chi connectivity index (χ4v) is 4.14. The Hall–Kier alpha value is -0.410. The van der Waals surface area contributed by atoms with Crippen molar-refractivity contribution in [2.45, 2.75) is 56.9 Å². The van der Waals surface area contributed by atoms with Crippen LogP contribution in [-0.4, -0.2) is 27.7 Å². The van der Waals surface area contributed by atoms with E-state index in [0.29, 0.717) is 32.1 Å². The molecule has 2 saturated carbocycles. The highest BCUT2D eigenvalue weighted by Crippen LogP contribution is 2.55. The molecule has 0 saturated heterocycles. The number of hydrogen-bond donors (Lipinski definition) is 1. The van der Waals surface area contributed by atoms with Gasteiger partial charge in [-0.1, -0.05) is 0 Å². The van der Waals surface area contributed by atoms with Crippen LogP contribution in [0.25, 0.3) is 0 Å². The number of carbonyl (C=O) groups excluding carboxylic acids is 2. The van der Waals surface area contributed by atoms with Gasteiger partial charge in [0.2, 0.25) is 0 Å². The number of carbonyl (C=O) groups is 2. The third-order valence-electron chi connectivity index (χ3n) is 4.77. The lowest BCUT2D eigenvalue weighted by Crippen LogP contribution is -2.64. The topological polar surface area (TPSA) is 54.4 Å². The van der Waals surface area contributed by atoms with Crippen molar-refractivity contribution in [1.29, 1.82) is 0 Å². The molecule has 3 nitrogen and oxygen atoms in total. The summed E-state index contributed by atoms with van der Waals surface area (Å²) in [6, 6.07) is 0. The van der Waals surface area contributed by atoms with E-state index in [-0.39, 0.29) is 16.9 Å². The van der Waals surface area contributed by atoms with Crippen LogP contribution in [0.2, 0.25) is 0 Å². The molecular formula is C13H19ClO3. The van der Waals surface area contributed by atoms with E-state index in [4.69, 9.17) is 11.6 Å². The minimum absolute atomic E-state index is 0.0843. The van der Waals surface area contributed by atoms with Crippen molar-refractivity contribution in [3.63, 3.8) is 0 Å². The number of fused-ring (bicyclic) bond motifs is 1. The van der Waals surface area contributed by atoms with Crippen LogP contribution in [0.5, 0.6) is 0 Å².